The molecule has 3 N–H and O–H groups in total. The maximum Gasteiger partial charge on any atom is 0.225 e. The third-order valence-corrected chi connectivity index (χ3v) is 4.04. The number of hydrogen-bond acceptors (Lipinski definition) is 6. The summed E-state index contributed by atoms with van der Waals surface area (Å²) in [6, 6.07) is 11.9. The van der Waals surface area contributed by atoms with E-state index in [0.29, 0.717) is 24.7 Å². The van der Waals surface area contributed by atoms with Crippen LogP contribution in [0.5, 0.6) is 0 Å². The van der Waals surface area contributed by atoms with Gasteiger partial charge in [0.1, 0.15) is 5.82 Å². The molecule has 0 fully saturated rings. The normalized spacial score (nSPS) is 10.6. The van der Waals surface area contributed by atoms with Crippen LogP contribution in [-0.4, -0.2) is 33.2 Å². The molecule has 134 valence electrons. The smallest absolute Gasteiger partial charge is 0.225 e. The van der Waals surface area contributed by atoms with Crippen LogP contribution >= 0.6 is 0 Å². The summed E-state index contributed by atoms with van der Waals surface area (Å²) in [5.41, 5.74) is 5.06. The minimum atomic E-state index is 0.128. The second-order valence-corrected chi connectivity index (χ2v) is 6.10. The average Bonchev–Trinajstić information content (AvgIpc) is 2.66. The van der Waals surface area contributed by atoms with Crippen molar-refractivity contribution in [2.24, 2.45) is 0 Å². The fraction of sp³-hybridized carbons (Fsp3) is 0.250. The number of rotatable bonds is 7. The summed E-state index contributed by atoms with van der Waals surface area (Å²) in [7, 11) is 0. The first-order valence-corrected chi connectivity index (χ1v) is 8.65. The molecule has 0 unspecified atom stereocenters. The van der Waals surface area contributed by atoms with Gasteiger partial charge in [-0.15, -0.1) is 0 Å². The molecule has 3 aromatic rings. The number of para-hydroxylation sites is 1. The van der Waals surface area contributed by atoms with E-state index in [1.807, 2.05) is 24.3 Å². The Kier molecular flexibility index (Phi) is 5.76. The molecule has 2 heterocycles. The molecular weight excluding hydrogens is 326 g/mol. The number of hydrogen-bond donors (Lipinski definition) is 3. The van der Waals surface area contributed by atoms with Crippen LogP contribution < -0.4 is 10.6 Å². The monoisotopic (exact) mass is 349 g/mol. The number of anilines is 3. The summed E-state index contributed by atoms with van der Waals surface area (Å²) in [4.78, 5) is 13.3. The van der Waals surface area contributed by atoms with E-state index in [2.05, 4.69) is 51.6 Å². The summed E-state index contributed by atoms with van der Waals surface area (Å²) in [6.07, 6.45) is 4.16. The molecule has 0 spiro atoms. The zero-order chi connectivity index (χ0) is 18.4. The number of aryl methyl sites for hydroxylation is 2. The maximum atomic E-state index is 8.99. The predicted molar refractivity (Wildman–Crippen MR) is 105 cm³/mol. The van der Waals surface area contributed by atoms with E-state index in [4.69, 9.17) is 5.11 Å². The first kappa shape index (κ1) is 17.8. The van der Waals surface area contributed by atoms with Crippen molar-refractivity contribution < 1.29 is 5.11 Å². The van der Waals surface area contributed by atoms with Gasteiger partial charge in [0.15, 0.2) is 0 Å². The largest absolute Gasteiger partial charge is 0.396 e. The van der Waals surface area contributed by atoms with E-state index >= 15 is 0 Å². The molecule has 0 amide bonds. The number of aromatic nitrogens is 3. The van der Waals surface area contributed by atoms with Crippen molar-refractivity contribution in [2.75, 3.05) is 23.8 Å². The fourth-order valence-corrected chi connectivity index (χ4v) is 2.67. The third-order valence-electron chi connectivity index (χ3n) is 4.04. The zero-order valence-corrected chi connectivity index (χ0v) is 15.0. The molecule has 0 aliphatic carbocycles. The molecule has 1 aromatic carbocycles. The van der Waals surface area contributed by atoms with Crippen LogP contribution in [0.15, 0.2) is 48.8 Å². The molecule has 6 heteroatoms. The quantitative estimate of drug-likeness (QED) is 0.564. The van der Waals surface area contributed by atoms with Crippen LogP contribution in [0.4, 0.5) is 17.5 Å². The Labute approximate surface area is 153 Å². The maximum absolute atomic E-state index is 8.99. The Morgan fingerprint density at radius 1 is 1.04 bits per heavy atom. The lowest BCUT2D eigenvalue weighted by Crippen LogP contribution is -2.09. The SMILES string of the molecule is Cc1cccc(C)c1Nc1cc(-c2cccnc2)nc(NCCCO)n1. The highest BCUT2D eigenvalue weighted by atomic mass is 16.3. The fourth-order valence-electron chi connectivity index (χ4n) is 2.67. The van der Waals surface area contributed by atoms with Crippen LogP contribution in [0.3, 0.4) is 0 Å². The number of aliphatic hydroxyl groups excluding tert-OH is 1. The van der Waals surface area contributed by atoms with Crippen molar-refractivity contribution >= 4 is 17.5 Å². The number of benzene rings is 1. The van der Waals surface area contributed by atoms with Crippen LogP contribution in [0, 0.1) is 13.8 Å². The van der Waals surface area contributed by atoms with Crippen molar-refractivity contribution in [1.82, 2.24) is 15.0 Å². The summed E-state index contributed by atoms with van der Waals surface area (Å²) in [6.45, 7) is 4.87. The van der Waals surface area contributed by atoms with E-state index in [0.717, 1.165) is 28.1 Å². The van der Waals surface area contributed by atoms with E-state index < -0.39 is 0 Å². The van der Waals surface area contributed by atoms with Crippen LogP contribution in [-0.2, 0) is 0 Å². The topological polar surface area (TPSA) is 83.0 Å². The van der Waals surface area contributed by atoms with Gasteiger partial charge in [-0.1, -0.05) is 18.2 Å². The summed E-state index contributed by atoms with van der Waals surface area (Å²) < 4.78 is 0. The van der Waals surface area contributed by atoms with Gasteiger partial charge in [0.2, 0.25) is 5.95 Å². The molecule has 0 atom stereocenters. The first-order valence-electron chi connectivity index (χ1n) is 8.65. The average molecular weight is 349 g/mol. The Morgan fingerprint density at radius 3 is 2.54 bits per heavy atom. The van der Waals surface area contributed by atoms with Gasteiger partial charge in [0.05, 0.1) is 5.69 Å². The van der Waals surface area contributed by atoms with Crippen LogP contribution in [0.25, 0.3) is 11.3 Å². The number of aliphatic hydroxyl groups is 1. The Balaban J connectivity index is 1.96. The molecule has 0 saturated carbocycles. The van der Waals surface area contributed by atoms with Crippen LogP contribution in [0.2, 0.25) is 0 Å². The number of nitrogens with one attached hydrogen (secondary N) is 2. The molecule has 0 aliphatic rings. The zero-order valence-electron chi connectivity index (χ0n) is 15.0. The standard InChI is InChI=1S/C20H23N5O/c1-14-6-3-7-15(2)19(14)24-18-12-17(16-8-4-9-21-13-16)23-20(25-18)22-10-5-11-26/h3-4,6-9,12-13,26H,5,10-11H2,1-2H3,(H2,22,23,24,25). The van der Waals surface area contributed by atoms with Crippen molar-refractivity contribution in [3.8, 4) is 11.3 Å². The van der Waals surface area contributed by atoms with E-state index in [9.17, 15) is 0 Å². The second kappa shape index (κ2) is 8.40. The molecule has 2 aromatic heterocycles. The molecule has 6 nitrogen and oxygen atoms in total. The molecule has 0 aliphatic heterocycles. The minimum absolute atomic E-state index is 0.128. The molecular formula is C20H23N5O. The van der Waals surface area contributed by atoms with Crippen LogP contribution in [0.1, 0.15) is 17.5 Å². The highest BCUT2D eigenvalue weighted by Crippen LogP contribution is 2.26. The van der Waals surface area contributed by atoms with Gasteiger partial charge in [0, 0.05) is 42.9 Å². The molecule has 3 rings (SSSR count). The van der Waals surface area contributed by atoms with Crippen molar-refractivity contribution in [1.29, 1.82) is 0 Å². The third kappa shape index (κ3) is 4.34. The highest BCUT2D eigenvalue weighted by molar-refractivity contribution is 5.69. The summed E-state index contributed by atoms with van der Waals surface area (Å²) >= 11 is 0. The van der Waals surface area contributed by atoms with Gasteiger partial charge in [-0.05, 0) is 43.5 Å². The number of pyridine rings is 1. The minimum Gasteiger partial charge on any atom is -0.396 e. The molecule has 0 radical (unpaired) electrons. The van der Waals surface area contributed by atoms with E-state index in [1.165, 1.54) is 0 Å². The van der Waals surface area contributed by atoms with Gasteiger partial charge in [-0.2, -0.15) is 4.98 Å². The van der Waals surface area contributed by atoms with Gasteiger partial charge >= 0.3 is 0 Å². The number of nitrogens with zero attached hydrogens (tertiary/aromatic N) is 3. The van der Waals surface area contributed by atoms with Gasteiger partial charge in [-0.3, -0.25) is 4.98 Å². The summed E-state index contributed by atoms with van der Waals surface area (Å²) in [5, 5.41) is 15.6. The highest BCUT2D eigenvalue weighted by Gasteiger charge is 2.09. The van der Waals surface area contributed by atoms with Gasteiger partial charge in [-0.25, -0.2) is 4.98 Å². The molecule has 0 bridgehead atoms. The van der Waals surface area contributed by atoms with Crippen molar-refractivity contribution in [3.05, 3.63) is 59.9 Å². The Hall–Kier alpha value is -2.99. The Morgan fingerprint density at radius 2 is 1.85 bits per heavy atom. The summed E-state index contributed by atoms with van der Waals surface area (Å²) in [5.74, 6) is 1.23. The lowest BCUT2D eigenvalue weighted by Gasteiger charge is -2.14. The Bertz CT molecular complexity index is 847. The van der Waals surface area contributed by atoms with Gasteiger partial charge in [0.25, 0.3) is 0 Å². The predicted octanol–water partition coefficient (Wildman–Crippen LogP) is 3.69. The van der Waals surface area contributed by atoms with Gasteiger partial charge < -0.3 is 15.7 Å². The van der Waals surface area contributed by atoms with Crippen molar-refractivity contribution in [2.45, 2.75) is 20.3 Å². The van der Waals surface area contributed by atoms with E-state index in [1.54, 1.807) is 12.4 Å². The first-order chi connectivity index (χ1) is 12.7. The van der Waals surface area contributed by atoms with Crippen molar-refractivity contribution in [3.63, 3.8) is 0 Å². The lowest BCUT2D eigenvalue weighted by molar-refractivity contribution is 0.292. The molecule has 26 heavy (non-hydrogen) atoms. The molecule has 0 saturated heterocycles. The lowest BCUT2D eigenvalue weighted by atomic mass is 10.1. The van der Waals surface area contributed by atoms with E-state index in [-0.39, 0.29) is 6.61 Å². The second-order valence-electron chi connectivity index (χ2n) is 6.10.